The quantitative estimate of drug-likeness (QED) is 0.694. The van der Waals surface area contributed by atoms with Crippen LogP contribution in [0.2, 0.25) is 0 Å². The van der Waals surface area contributed by atoms with Gasteiger partial charge in [0.15, 0.2) is 0 Å². The van der Waals surface area contributed by atoms with Gasteiger partial charge in [0.1, 0.15) is 5.76 Å². The van der Waals surface area contributed by atoms with Crippen molar-refractivity contribution in [2.24, 2.45) is 5.92 Å². The van der Waals surface area contributed by atoms with E-state index in [-0.39, 0.29) is 0 Å². The summed E-state index contributed by atoms with van der Waals surface area (Å²) in [6.07, 6.45) is 3.08. The molecule has 1 aromatic heterocycles. The minimum atomic E-state index is 0.444. The van der Waals surface area contributed by atoms with E-state index in [1.165, 1.54) is 19.5 Å². The van der Waals surface area contributed by atoms with Crippen molar-refractivity contribution >= 4 is 0 Å². The molecule has 2 nitrogen and oxygen atoms in total. The maximum atomic E-state index is 5.40. The van der Waals surface area contributed by atoms with E-state index >= 15 is 0 Å². The third-order valence-corrected chi connectivity index (χ3v) is 2.96. The van der Waals surface area contributed by atoms with Crippen molar-refractivity contribution in [2.75, 3.05) is 13.1 Å². The van der Waals surface area contributed by atoms with Gasteiger partial charge in [-0.05, 0) is 37.9 Å². The lowest BCUT2D eigenvalue weighted by molar-refractivity contribution is 0.225. The average Bonchev–Trinajstić information content (AvgIpc) is 2.72. The number of nitrogens with zero attached hydrogens (tertiary/aromatic N) is 1. The van der Waals surface area contributed by atoms with Crippen LogP contribution in [0.3, 0.4) is 0 Å². The second-order valence-corrected chi connectivity index (χ2v) is 4.08. The highest BCUT2D eigenvalue weighted by molar-refractivity contribution is 5.04. The van der Waals surface area contributed by atoms with Crippen LogP contribution in [0.25, 0.3) is 0 Å². The highest BCUT2D eigenvalue weighted by atomic mass is 16.3. The molecule has 0 radical (unpaired) electrons. The van der Waals surface area contributed by atoms with Crippen LogP contribution in [-0.4, -0.2) is 18.0 Å². The second-order valence-electron chi connectivity index (χ2n) is 4.08. The lowest BCUT2D eigenvalue weighted by Crippen LogP contribution is -2.23. The molecule has 0 saturated carbocycles. The Morgan fingerprint density at radius 3 is 3.00 bits per heavy atom. The molecule has 13 heavy (non-hydrogen) atoms. The molecule has 0 N–H and O–H groups in total. The smallest absolute Gasteiger partial charge is 0.120 e. The number of hydrogen-bond acceptors (Lipinski definition) is 2. The first kappa shape index (κ1) is 8.82. The molecule has 72 valence electrons. The minimum Gasteiger partial charge on any atom is -0.468 e. The highest BCUT2D eigenvalue weighted by Crippen LogP contribution is 2.26. The molecule has 1 aliphatic heterocycles. The Hall–Kier alpha value is -0.760. The maximum absolute atomic E-state index is 5.40. The normalized spacial score (nSPS) is 26.5. The van der Waals surface area contributed by atoms with Crippen molar-refractivity contribution in [2.45, 2.75) is 26.3 Å². The minimum absolute atomic E-state index is 0.444. The molecule has 0 amide bonds. The Morgan fingerprint density at radius 1 is 1.62 bits per heavy atom. The first-order valence-electron chi connectivity index (χ1n) is 5.05. The van der Waals surface area contributed by atoms with E-state index in [1.54, 1.807) is 6.26 Å². The van der Waals surface area contributed by atoms with Crippen LogP contribution in [0, 0.1) is 5.92 Å². The van der Waals surface area contributed by atoms with Crippen LogP contribution >= 0.6 is 0 Å². The van der Waals surface area contributed by atoms with Gasteiger partial charge in [-0.25, -0.2) is 0 Å². The fourth-order valence-corrected chi connectivity index (χ4v) is 2.03. The number of furan rings is 1. The predicted molar refractivity (Wildman–Crippen MR) is 52.5 cm³/mol. The van der Waals surface area contributed by atoms with Gasteiger partial charge in [0.2, 0.25) is 0 Å². The van der Waals surface area contributed by atoms with E-state index in [1.807, 2.05) is 6.07 Å². The zero-order valence-corrected chi connectivity index (χ0v) is 8.36. The summed E-state index contributed by atoms with van der Waals surface area (Å²) in [5.41, 5.74) is 0. The summed E-state index contributed by atoms with van der Waals surface area (Å²) in [6.45, 7) is 6.95. The Morgan fingerprint density at radius 2 is 2.46 bits per heavy atom. The van der Waals surface area contributed by atoms with E-state index in [0.717, 1.165) is 11.7 Å². The zero-order chi connectivity index (χ0) is 9.26. The molecule has 1 fully saturated rings. The first-order chi connectivity index (χ1) is 6.27. The van der Waals surface area contributed by atoms with Crippen molar-refractivity contribution in [3.63, 3.8) is 0 Å². The van der Waals surface area contributed by atoms with Gasteiger partial charge in [-0.3, -0.25) is 4.90 Å². The molecule has 2 heteroatoms. The monoisotopic (exact) mass is 179 g/mol. The third kappa shape index (κ3) is 1.78. The summed E-state index contributed by atoms with van der Waals surface area (Å²) in [5, 5.41) is 0. The topological polar surface area (TPSA) is 16.4 Å². The molecule has 0 aromatic carbocycles. The molecular formula is C11H17NO. The summed E-state index contributed by atoms with van der Waals surface area (Å²) in [6, 6.07) is 4.47. The predicted octanol–water partition coefficient (Wildman–Crippen LogP) is 2.68. The van der Waals surface area contributed by atoms with Crippen LogP contribution in [0.4, 0.5) is 0 Å². The Labute approximate surface area is 79.5 Å². The SMILES string of the molecule is CC1CCN(C(C)c2ccco2)C1. The van der Waals surface area contributed by atoms with Crippen molar-refractivity contribution in [1.82, 2.24) is 4.90 Å². The van der Waals surface area contributed by atoms with Gasteiger partial charge in [0.25, 0.3) is 0 Å². The Bertz CT molecular complexity index is 255. The highest BCUT2D eigenvalue weighted by Gasteiger charge is 2.25. The van der Waals surface area contributed by atoms with Gasteiger partial charge >= 0.3 is 0 Å². The van der Waals surface area contributed by atoms with Crippen LogP contribution in [0.15, 0.2) is 22.8 Å². The molecule has 0 bridgehead atoms. The van der Waals surface area contributed by atoms with E-state index in [9.17, 15) is 0 Å². The Balaban J connectivity index is 2.02. The molecule has 1 aromatic rings. The molecule has 0 spiro atoms. The molecule has 2 heterocycles. The second kappa shape index (κ2) is 3.54. The first-order valence-corrected chi connectivity index (χ1v) is 5.05. The van der Waals surface area contributed by atoms with Gasteiger partial charge in [-0.1, -0.05) is 6.92 Å². The number of rotatable bonds is 2. The van der Waals surface area contributed by atoms with Gasteiger partial charge in [0, 0.05) is 6.54 Å². The standard InChI is InChI=1S/C11H17NO/c1-9-5-6-12(8-9)10(2)11-4-3-7-13-11/h3-4,7,9-10H,5-6,8H2,1-2H3. The molecule has 2 atom stereocenters. The third-order valence-electron chi connectivity index (χ3n) is 2.96. The van der Waals surface area contributed by atoms with E-state index in [2.05, 4.69) is 24.8 Å². The lowest BCUT2D eigenvalue weighted by Gasteiger charge is -2.21. The van der Waals surface area contributed by atoms with Gasteiger partial charge in [0.05, 0.1) is 12.3 Å². The van der Waals surface area contributed by atoms with Crippen LogP contribution < -0.4 is 0 Å². The number of likely N-dealkylation sites (tertiary alicyclic amines) is 1. The summed E-state index contributed by atoms with van der Waals surface area (Å²) in [4.78, 5) is 2.49. The Kier molecular flexibility index (Phi) is 2.40. The summed E-state index contributed by atoms with van der Waals surface area (Å²) in [5.74, 6) is 1.94. The van der Waals surface area contributed by atoms with Crippen molar-refractivity contribution in [1.29, 1.82) is 0 Å². The van der Waals surface area contributed by atoms with Crippen LogP contribution in [0.1, 0.15) is 32.1 Å². The molecule has 0 aliphatic carbocycles. The molecule has 2 unspecified atom stereocenters. The fraction of sp³-hybridized carbons (Fsp3) is 0.636. The van der Waals surface area contributed by atoms with Crippen molar-refractivity contribution < 1.29 is 4.42 Å². The van der Waals surface area contributed by atoms with Crippen molar-refractivity contribution in [3.05, 3.63) is 24.2 Å². The van der Waals surface area contributed by atoms with Crippen molar-refractivity contribution in [3.8, 4) is 0 Å². The van der Waals surface area contributed by atoms with Crippen LogP contribution in [-0.2, 0) is 0 Å². The van der Waals surface area contributed by atoms with Gasteiger partial charge in [-0.15, -0.1) is 0 Å². The molecule has 1 saturated heterocycles. The summed E-state index contributed by atoms with van der Waals surface area (Å²) >= 11 is 0. The molecule has 1 aliphatic rings. The summed E-state index contributed by atoms with van der Waals surface area (Å²) in [7, 11) is 0. The average molecular weight is 179 g/mol. The lowest BCUT2D eigenvalue weighted by atomic mass is 10.2. The summed E-state index contributed by atoms with van der Waals surface area (Å²) < 4.78 is 5.40. The van der Waals surface area contributed by atoms with E-state index in [0.29, 0.717) is 6.04 Å². The zero-order valence-electron chi connectivity index (χ0n) is 8.36. The largest absolute Gasteiger partial charge is 0.468 e. The molecule has 2 rings (SSSR count). The molecular weight excluding hydrogens is 162 g/mol. The number of hydrogen-bond donors (Lipinski definition) is 0. The van der Waals surface area contributed by atoms with E-state index < -0.39 is 0 Å². The van der Waals surface area contributed by atoms with E-state index in [4.69, 9.17) is 4.42 Å². The van der Waals surface area contributed by atoms with Gasteiger partial charge in [-0.2, -0.15) is 0 Å². The maximum Gasteiger partial charge on any atom is 0.120 e. The fourth-order valence-electron chi connectivity index (χ4n) is 2.03. The van der Waals surface area contributed by atoms with Crippen LogP contribution in [0.5, 0.6) is 0 Å². The van der Waals surface area contributed by atoms with Gasteiger partial charge < -0.3 is 4.42 Å².